The van der Waals surface area contributed by atoms with Gasteiger partial charge in [-0.15, -0.1) is 0 Å². The quantitative estimate of drug-likeness (QED) is 0.143. The number of benzene rings is 3. The molecule has 2 aliphatic heterocycles. The molecule has 2 saturated heterocycles. The van der Waals surface area contributed by atoms with Crippen molar-refractivity contribution in [3.63, 3.8) is 0 Å². The average Bonchev–Trinajstić information content (AvgIpc) is 3.04. The van der Waals surface area contributed by atoms with E-state index >= 15 is 0 Å². The van der Waals surface area contributed by atoms with Crippen LogP contribution in [0, 0.1) is 0 Å². The van der Waals surface area contributed by atoms with Crippen LogP contribution in [0.4, 0.5) is 29.2 Å². The van der Waals surface area contributed by atoms with E-state index in [0.29, 0.717) is 67.7 Å². The lowest BCUT2D eigenvalue weighted by Crippen LogP contribution is -2.57. The number of carbonyl (C=O) groups excluding carboxylic acids is 3. The lowest BCUT2D eigenvalue weighted by atomic mass is 10.0. The second kappa shape index (κ2) is 14.3. The van der Waals surface area contributed by atoms with E-state index in [2.05, 4.69) is 21.3 Å². The summed E-state index contributed by atoms with van der Waals surface area (Å²) in [7, 11) is 0. The summed E-state index contributed by atoms with van der Waals surface area (Å²) in [4.78, 5) is 55.1. The number of hydrogen-bond acceptors (Lipinski definition) is 12. The maximum absolute atomic E-state index is 13.1. The molecule has 15 heteroatoms. The van der Waals surface area contributed by atoms with E-state index in [1.165, 1.54) is 13.8 Å². The number of hydrogen-bond donors (Lipinski definition) is 7. The Hall–Kier alpha value is -5.54. The Morgan fingerprint density at radius 3 is 1.92 bits per heavy atom. The largest absolute Gasteiger partial charge is 0.506 e. The van der Waals surface area contributed by atoms with Gasteiger partial charge < -0.3 is 47.6 Å². The molecule has 0 bridgehead atoms. The van der Waals surface area contributed by atoms with Gasteiger partial charge in [0.15, 0.2) is 0 Å². The molecule has 3 aromatic carbocycles. The van der Waals surface area contributed by atoms with Crippen molar-refractivity contribution in [2.24, 2.45) is 11.5 Å². The van der Waals surface area contributed by atoms with Crippen LogP contribution in [0.15, 0.2) is 60.7 Å². The van der Waals surface area contributed by atoms with Gasteiger partial charge in [0, 0.05) is 81.0 Å². The molecule has 3 heterocycles. The molecule has 2 aliphatic rings. The third-order valence-corrected chi connectivity index (χ3v) is 8.50. The van der Waals surface area contributed by atoms with Crippen molar-refractivity contribution in [2.75, 3.05) is 46.6 Å². The maximum atomic E-state index is 13.1. The minimum absolute atomic E-state index is 0.0774. The first-order valence-corrected chi connectivity index (χ1v) is 16.2. The van der Waals surface area contributed by atoms with Crippen molar-refractivity contribution in [3.8, 4) is 5.75 Å². The van der Waals surface area contributed by atoms with E-state index in [1.54, 1.807) is 42.5 Å². The SMILES string of the molecule is CC(=O)N[C@@H]1C[C@H](NC(C)=O)CN(c2nc(Nc3ccc(NC(=O)c4ccc5ccccc5c4O)cc3)nc(N3C[C@H](N)C[C@H](N)C3)n2)C1. The topological polar surface area (TPSA) is 217 Å². The monoisotopic (exact) mass is 667 g/mol. The molecule has 0 aliphatic carbocycles. The highest BCUT2D eigenvalue weighted by Gasteiger charge is 2.32. The average molecular weight is 668 g/mol. The summed E-state index contributed by atoms with van der Waals surface area (Å²) in [6.07, 6.45) is 1.25. The summed E-state index contributed by atoms with van der Waals surface area (Å²) < 4.78 is 0. The number of nitrogens with two attached hydrogens (primary N) is 2. The molecular weight excluding hydrogens is 626 g/mol. The van der Waals surface area contributed by atoms with Crippen LogP contribution >= 0.6 is 0 Å². The highest BCUT2D eigenvalue weighted by molar-refractivity contribution is 6.09. The normalized spacial score (nSPS) is 20.8. The first kappa shape index (κ1) is 33.4. The number of carbonyl (C=O) groups is 3. The fourth-order valence-corrected chi connectivity index (χ4v) is 6.48. The van der Waals surface area contributed by atoms with Crippen molar-refractivity contribution in [1.29, 1.82) is 0 Å². The van der Waals surface area contributed by atoms with Crippen molar-refractivity contribution >= 4 is 57.7 Å². The van der Waals surface area contributed by atoms with Gasteiger partial charge in [-0.3, -0.25) is 14.4 Å². The first-order chi connectivity index (χ1) is 23.5. The zero-order chi connectivity index (χ0) is 34.7. The van der Waals surface area contributed by atoms with Gasteiger partial charge in [0.05, 0.1) is 5.56 Å². The Morgan fingerprint density at radius 1 is 0.735 bits per heavy atom. The standard InChI is InChI=1S/C34H41N11O4/c1-19(46)37-26-14-27(38-20(2)47)18-45(17-26)34-42-32(41-33(43-34)44-15-22(35)13-23(36)16-44)40-25-10-8-24(9-11-25)39-31(49)29-12-7-21-5-3-4-6-28(21)30(29)48/h3-12,22-23,26-27,48H,13-18,35-36H2,1-2H3,(H,37,46)(H,38,47)(H,39,49)(H,40,41,42,43)/t22-,23+,26-,27+. The van der Waals surface area contributed by atoms with Gasteiger partial charge in [-0.05, 0) is 48.6 Å². The molecular formula is C34H41N11O4. The number of amides is 3. The smallest absolute Gasteiger partial charge is 0.259 e. The van der Waals surface area contributed by atoms with Crippen LogP contribution in [0.3, 0.4) is 0 Å². The Kier molecular flexibility index (Phi) is 9.73. The summed E-state index contributed by atoms with van der Waals surface area (Å²) in [6.45, 7) is 4.81. The van der Waals surface area contributed by atoms with Crippen molar-refractivity contribution in [1.82, 2.24) is 25.6 Å². The second-order valence-electron chi connectivity index (χ2n) is 12.7. The minimum Gasteiger partial charge on any atom is -0.506 e. The van der Waals surface area contributed by atoms with Gasteiger partial charge in [0.2, 0.25) is 29.7 Å². The Bertz CT molecular complexity index is 1820. The van der Waals surface area contributed by atoms with E-state index in [0.717, 1.165) is 5.39 Å². The zero-order valence-corrected chi connectivity index (χ0v) is 27.4. The molecule has 0 saturated carbocycles. The van der Waals surface area contributed by atoms with Crippen LogP contribution in [0.1, 0.15) is 37.0 Å². The molecule has 15 nitrogen and oxygen atoms in total. The van der Waals surface area contributed by atoms with Crippen molar-refractivity contribution in [3.05, 3.63) is 66.2 Å². The van der Waals surface area contributed by atoms with Gasteiger partial charge in [-0.1, -0.05) is 30.3 Å². The summed E-state index contributed by atoms with van der Waals surface area (Å²) in [5.74, 6) is 0.175. The number of nitrogens with one attached hydrogen (secondary N) is 4. The molecule has 3 amide bonds. The Balaban J connectivity index is 1.24. The first-order valence-electron chi connectivity index (χ1n) is 16.2. The van der Waals surface area contributed by atoms with Crippen LogP contribution < -0.4 is 42.5 Å². The molecule has 0 spiro atoms. The van der Waals surface area contributed by atoms with Gasteiger partial charge in [0.25, 0.3) is 5.91 Å². The molecule has 1 aromatic heterocycles. The predicted octanol–water partition coefficient (Wildman–Crippen LogP) is 1.81. The van der Waals surface area contributed by atoms with E-state index in [4.69, 9.17) is 26.4 Å². The number of aromatic hydroxyl groups is 1. The van der Waals surface area contributed by atoms with Crippen molar-refractivity contribution in [2.45, 2.75) is 50.9 Å². The lowest BCUT2D eigenvalue weighted by molar-refractivity contribution is -0.119. The molecule has 49 heavy (non-hydrogen) atoms. The van der Waals surface area contributed by atoms with Crippen LogP contribution in [-0.2, 0) is 9.59 Å². The fourth-order valence-electron chi connectivity index (χ4n) is 6.48. The number of anilines is 5. The highest BCUT2D eigenvalue weighted by atomic mass is 16.3. The summed E-state index contributed by atoms with van der Waals surface area (Å²) in [6, 6.07) is 16.9. The molecule has 2 fully saturated rings. The van der Waals surface area contributed by atoms with Crippen LogP contribution in [0.2, 0.25) is 0 Å². The number of piperidine rings is 2. The van der Waals surface area contributed by atoms with E-state index in [9.17, 15) is 19.5 Å². The van der Waals surface area contributed by atoms with Gasteiger partial charge in [-0.2, -0.15) is 15.0 Å². The molecule has 0 radical (unpaired) electrons. The predicted molar refractivity (Wildman–Crippen MR) is 188 cm³/mol. The van der Waals surface area contributed by atoms with E-state index in [-0.39, 0.29) is 53.2 Å². The van der Waals surface area contributed by atoms with Gasteiger partial charge in [-0.25, -0.2) is 0 Å². The molecule has 0 unspecified atom stereocenters. The summed E-state index contributed by atoms with van der Waals surface area (Å²) >= 11 is 0. The number of nitrogens with zero attached hydrogens (tertiary/aromatic N) is 5. The van der Waals surface area contributed by atoms with Crippen LogP contribution in [0.25, 0.3) is 10.8 Å². The number of phenolic OH excluding ortho intramolecular Hbond substituents is 1. The molecule has 4 atom stereocenters. The summed E-state index contributed by atoms with van der Waals surface area (Å²) in [5.41, 5.74) is 13.9. The summed E-state index contributed by atoms with van der Waals surface area (Å²) in [5, 5.41) is 24.2. The second-order valence-corrected chi connectivity index (χ2v) is 12.7. The molecule has 256 valence electrons. The van der Waals surface area contributed by atoms with E-state index in [1.807, 2.05) is 28.0 Å². The number of aromatic nitrogens is 3. The van der Waals surface area contributed by atoms with E-state index < -0.39 is 5.91 Å². The highest BCUT2D eigenvalue weighted by Crippen LogP contribution is 2.30. The Morgan fingerprint density at radius 2 is 1.31 bits per heavy atom. The van der Waals surface area contributed by atoms with Crippen molar-refractivity contribution < 1.29 is 19.5 Å². The van der Waals surface area contributed by atoms with Gasteiger partial charge in [0.1, 0.15) is 5.75 Å². The number of phenols is 1. The fraction of sp³-hybridized carbons (Fsp3) is 0.353. The Labute approximate surface area is 283 Å². The lowest BCUT2D eigenvalue weighted by Gasteiger charge is -2.39. The molecule has 4 aromatic rings. The molecule has 9 N–H and O–H groups in total. The maximum Gasteiger partial charge on any atom is 0.259 e. The third kappa shape index (κ3) is 8.13. The number of fused-ring (bicyclic) bond motifs is 1. The molecule has 6 rings (SSSR count). The minimum atomic E-state index is -0.440. The van der Waals surface area contributed by atoms with Crippen LogP contribution in [0.5, 0.6) is 5.75 Å². The zero-order valence-electron chi connectivity index (χ0n) is 27.4. The van der Waals surface area contributed by atoms with Crippen LogP contribution in [-0.4, -0.2) is 88.1 Å². The third-order valence-electron chi connectivity index (χ3n) is 8.50. The van der Waals surface area contributed by atoms with Gasteiger partial charge >= 0.3 is 0 Å². The number of rotatable bonds is 8.